The van der Waals surface area contributed by atoms with Crippen LogP contribution >= 0.6 is 0 Å². The molecular formula is C16H8N2Na2O10S2. The van der Waals surface area contributed by atoms with Gasteiger partial charge in [-0.1, -0.05) is 0 Å². The number of amides is 4. The molecule has 0 spiro atoms. The normalized spacial score (nSPS) is 15.6. The fraction of sp³-hybridized carbons (Fsp3) is 0.125. The quantitative estimate of drug-likeness (QED) is 0.222. The van der Waals surface area contributed by atoms with Gasteiger partial charge in [0.15, 0.2) is 0 Å². The van der Waals surface area contributed by atoms with Crippen LogP contribution in [-0.2, 0) is 20.2 Å². The third kappa shape index (κ3) is 4.44. The van der Waals surface area contributed by atoms with Gasteiger partial charge in [-0.3, -0.25) is 29.0 Å². The van der Waals surface area contributed by atoms with Crippen molar-refractivity contribution in [1.29, 1.82) is 0 Å². The van der Waals surface area contributed by atoms with Gasteiger partial charge < -0.3 is 9.11 Å². The summed E-state index contributed by atoms with van der Waals surface area (Å²) in [6, 6.07) is 4.34. The summed E-state index contributed by atoms with van der Waals surface area (Å²) in [5.74, 6) is -7.25. The Hall–Kier alpha value is -1.20. The molecule has 0 fully saturated rings. The smallest absolute Gasteiger partial charge is 0.747 e. The van der Waals surface area contributed by atoms with E-state index in [1.807, 2.05) is 0 Å². The van der Waals surface area contributed by atoms with Crippen molar-refractivity contribution in [2.24, 2.45) is 0 Å². The van der Waals surface area contributed by atoms with Crippen molar-refractivity contribution >= 4 is 54.6 Å². The van der Waals surface area contributed by atoms with E-state index in [2.05, 4.69) is 0 Å². The first-order chi connectivity index (χ1) is 13.8. The monoisotopic (exact) mass is 498 g/mol. The average molecular weight is 498 g/mol. The minimum absolute atomic E-state index is 0. The predicted molar refractivity (Wildman–Crippen MR) is 94.1 cm³/mol. The van der Waals surface area contributed by atoms with E-state index in [4.69, 9.17) is 0 Å². The van der Waals surface area contributed by atoms with Crippen LogP contribution in [0.5, 0.6) is 0 Å². The molecule has 32 heavy (non-hydrogen) atoms. The number of carbonyl (C=O) groups is 4. The summed E-state index contributed by atoms with van der Waals surface area (Å²) in [6.07, 6.45) is 0. The maximum atomic E-state index is 12.6. The number of hydrogen-bond donors (Lipinski definition) is 0. The molecular weight excluding hydrogens is 490 g/mol. The van der Waals surface area contributed by atoms with Crippen LogP contribution in [-0.4, -0.2) is 71.1 Å². The molecule has 156 valence electrons. The summed E-state index contributed by atoms with van der Waals surface area (Å²) in [4.78, 5) is 51.0. The molecule has 2 aliphatic rings. The molecule has 0 aromatic heterocycles. The van der Waals surface area contributed by atoms with Crippen LogP contribution in [0.3, 0.4) is 0 Å². The second-order valence-corrected chi connectivity index (χ2v) is 9.27. The van der Waals surface area contributed by atoms with Crippen molar-refractivity contribution in [3.05, 3.63) is 46.5 Å². The van der Waals surface area contributed by atoms with E-state index in [0.29, 0.717) is 0 Å². The number of nitrogens with zero attached hydrogens (tertiary/aromatic N) is 2. The molecule has 4 amide bonds. The molecule has 0 aliphatic carbocycles. The second kappa shape index (κ2) is 8.87. The van der Waals surface area contributed by atoms with Crippen molar-refractivity contribution in [2.45, 2.75) is 0 Å². The number of imide groups is 2. The van der Waals surface area contributed by atoms with Crippen LogP contribution in [0.1, 0.15) is 41.4 Å². The van der Waals surface area contributed by atoms with Crippen LogP contribution in [0.15, 0.2) is 24.3 Å². The molecule has 2 aromatic rings. The molecule has 16 heteroatoms. The van der Waals surface area contributed by atoms with E-state index >= 15 is 0 Å². The molecule has 0 radical (unpaired) electrons. The summed E-state index contributed by atoms with van der Waals surface area (Å²) in [5.41, 5.74) is -0.891. The SMILES string of the molecule is O=C1c2ccc3c4c(ccc(c24)C(=O)N1CS(=O)(=O)[O-])C(=O)N(CS(=O)(=O)[O-])C3=O.[Na+].[Na+]. The van der Waals surface area contributed by atoms with Crippen molar-refractivity contribution < 1.29 is 104 Å². The van der Waals surface area contributed by atoms with Crippen molar-refractivity contribution in [3.63, 3.8) is 0 Å². The van der Waals surface area contributed by atoms with E-state index in [1.165, 1.54) is 0 Å². The molecule has 2 aliphatic heterocycles. The standard InChI is InChI=1S/C16H10N2O10S2.2Na/c19-13-7-1-2-8-12-10(16(22)18(14(8)20)6-30(26,27)28)4-3-9(11(7)12)15(21)17(13)5-29(23,24)25;;/h1-4H,5-6H2,(H,23,24,25)(H,26,27,28);;/q;2*+1/p-2. The Bertz CT molecular complexity index is 1260. The molecule has 2 aromatic carbocycles. The van der Waals surface area contributed by atoms with Gasteiger partial charge in [0.1, 0.15) is 32.0 Å². The van der Waals surface area contributed by atoms with Gasteiger partial charge in [0, 0.05) is 33.0 Å². The van der Waals surface area contributed by atoms with Gasteiger partial charge in [-0.2, -0.15) is 0 Å². The van der Waals surface area contributed by atoms with Gasteiger partial charge in [-0.05, 0) is 24.3 Å². The number of benzene rings is 2. The summed E-state index contributed by atoms with van der Waals surface area (Å²) >= 11 is 0. The van der Waals surface area contributed by atoms with E-state index in [-0.39, 0.29) is 102 Å². The summed E-state index contributed by atoms with van der Waals surface area (Å²) < 4.78 is 66.4. The van der Waals surface area contributed by atoms with Gasteiger partial charge in [0.25, 0.3) is 23.6 Å². The van der Waals surface area contributed by atoms with E-state index in [0.717, 1.165) is 24.3 Å². The van der Waals surface area contributed by atoms with Crippen LogP contribution < -0.4 is 59.1 Å². The Morgan fingerprint density at radius 1 is 0.562 bits per heavy atom. The van der Waals surface area contributed by atoms with Crippen molar-refractivity contribution in [1.82, 2.24) is 9.80 Å². The van der Waals surface area contributed by atoms with Gasteiger partial charge >= 0.3 is 59.1 Å². The zero-order valence-corrected chi connectivity index (χ0v) is 22.2. The molecule has 0 saturated carbocycles. The van der Waals surface area contributed by atoms with E-state index < -0.39 is 55.6 Å². The largest absolute Gasteiger partial charge is 1.00 e. The zero-order valence-electron chi connectivity index (χ0n) is 16.5. The Balaban J connectivity index is 0.00000181. The number of carbonyl (C=O) groups excluding carboxylic acids is 4. The van der Waals surface area contributed by atoms with Crippen LogP contribution in [0.4, 0.5) is 0 Å². The summed E-state index contributed by atoms with van der Waals surface area (Å²) in [5, 5.41) is -0.211. The molecule has 4 rings (SSSR count). The van der Waals surface area contributed by atoms with Crippen LogP contribution in [0.2, 0.25) is 0 Å². The number of rotatable bonds is 4. The van der Waals surface area contributed by atoms with Crippen LogP contribution in [0.25, 0.3) is 10.8 Å². The fourth-order valence-corrected chi connectivity index (χ4v) is 4.63. The van der Waals surface area contributed by atoms with E-state index in [1.54, 1.807) is 0 Å². The molecule has 0 N–H and O–H groups in total. The Labute approximate surface area is 225 Å². The summed E-state index contributed by atoms with van der Waals surface area (Å²) in [6.45, 7) is 0. The Morgan fingerprint density at radius 3 is 0.969 bits per heavy atom. The third-order valence-electron chi connectivity index (χ3n) is 4.64. The third-order valence-corrected chi connectivity index (χ3v) is 5.79. The van der Waals surface area contributed by atoms with Gasteiger partial charge in [0.2, 0.25) is 0 Å². The minimum Gasteiger partial charge on any atom is -0.747 e. The maximum Gasteiger partial charge on any atom is 1.00 e. The average Bonchev–Trinajstić information content (AvgIpc) is 2.63. The van der Waals surface area contributed by atoms with Crippen molar-refractivity contribution in [2.75, 3.05) is 11.8 Å². The molecule has 0 atom stereocenters. The van der Waals surface area contributed by atoms with Gasteiger partial charge in [-0.25, -0.2) is 16.8 Å². The van der Waals surface area contributed by atoms with Crippen LogP contribution in [0, 0.1) is 0 Å². The minimum atomic E-state index is -4.98. The molecule has 12 nitrogen and oxygen atoms in total. The first-order valence-electron chi connectivity index (χ1n) is 7.99. The number of hydrogen-bond acceptors (Lipinski definition) is 10. The van der Waals surface area contributed by atoms with E-state index in [9.17, 15) is 45.1 Å². The van der Waals surface area contributed by atoms with Gasteiger partial charge in [-0.15, -0.1) is 0 Å². The fourth-order valence-electron chi connectivity index (χ4n) is 3.53. The van der Waals surface area contributed by atoms with Gasteiger partial charge in [0.05, 0.1) is 0 Å². The zero-order chi connectivity index (χ0) is 22.2. The maximum absolute atomic E-state index is 12.6. The van der Waals surface area contributed by atoms with Crippen molar-refractivity contribution in [3.8, 4) is 0 Å². The molecule has 0 unspecified atom stereocenters. The Morgan fingerprint density at radius 2 is 0.781 bits per heavy atom. The molecule has 0 bridgehead atoms. The first-order valence-corrected chi connectivity index (χ1v) is 11.1. The molecule has 0 saturated heterocycles. The summed E-state index contributed by atoms with van der Waals surface area (Å²) in [7, 11) is -9.96. The molecule has 2 heterocycles. The first kappa shape index (κ1) is 27.0. The predicted octanol–water partition coefficient (Wildman–Crippen LogP) is -6.95. The second-order valence-electron chi connectivity index (χ2n) is 6.52. The Kier molecular flexibility index (Phi) is 7.49. The topological polar surface area (TPSA) is 189 Å².